The molecule has 0 atom stereocenters. The summed E-state index contributed by atoms with van der Waals surface area (Å²) in [6.07, 6.45) is -3.26. The topological polar surface area (TPSA) is 48.7 Å². The van der Waals surface area contributed by atoms with Crippen LogP contribution in [0.2, 0.25) is 0 Å². The number of nitrogens with zero attached hydrogens (tertiary/aromatic N) is 3. The van der Waals surface area contributed by atoms with Gasteiger partial charge in [0.15, 0.2) is 5.65 Å². The molecule has 1 saturated heterocycles. The van der Waals surface area contributed by atoms with Gasteiger partial charge in [-0.05, 0) is 51.7 Å². The van der Waals surface area contributed by atoms with Gasteiger partial charge < -0.3 is 9.31 Å². The van der Waals surface area contributed by atoms with Crippen LogP contribution in [0.4, 0.5) is 13.2 Å². The summed E-state index contributed by atoms with van der Waals surface area (Å²) < 4.78 is 51.6. The summed E-state index contributed by atoms with van der Waals surface area (Å²) in [6.45, 7) is 9.35. The molecule has 0 bridgehead atoms. The SMILES string of the molecule is Cc1c(B2OC(C)(C)C(C)(C)O2)ccn2c(C(F)(F)F)nnc12. The molecule has 1 fully saturated rings. The first-order valence-electron chi connectivity index (χ1n) is 7.21. The van der Waals surface area contributed by atoms with E-state index in [0.717, 1.165) is 4.40 Å². The molecular weight excluding hydrogens is 310 g/mol. The largest absolute Gasteiger partial charge is 0.495 e. The molecule has 0 radical (unpaired) electrons. The lowest BCUT2D eigenvalue weighted by Gasteiger charge is -2.32. The zero-order valence-corrected chi connectivity index (χ0v) is 13.5. The number of fused-ring (bicyclic) bond motifs is 1. The van der Waals surface area contributed by atoms with Crippen LogP contribution in [0.3, 0.4) is 0 Å². The number of rotatable bonds is 1. The molecule has 0 saturated carbocycles. The number of aryl methyl sites for hydroxylation is 1. The highest BCUT2D eigenvalue weighted by Gasteiger charge is 2.52. The smallest absolute Gasteiger partial charge is 0.399 e. The molecule has 23 heavy (non-hydrogen) atoms. The van der Waals surface area contributed by atoms with Crippen molar-refractivity contribution in [3.63, 3.8) is 0 Å². The first kappa shape index (κ1) is 16.3. The third-order valence-corrected chi connectivity index (χ3v) is 4.63. The van der Waals surface area contributed by atoms with E-state index in [4.69, 9.17) is 9.31 Å². The van der Waals surface area contributed by atoms with Gasteiger partial charge in [-0.15, -0.1) is 10.2 Å². The summed E-state index contributed by atoms with van der Waals surface area (Å²) in [6, 6.07) is 1.56. The Morgan fingerprint density at radius 3 is 2.17 bits per heavy atom. The van der Waals surface area contributed by atoms with Crippen molar-refractivity contribution in [1.29, 1.82) is 0 Å². The Labute approximate surface area is 131 Å². The van der Waals surface area contributed by atoms with Gasteiger partial charge >= 0.3 is 13.3 Å². The zero-order valence-electron chi connectivity index (χ0n) is 13.5. The average molecular weight is 327 g/mol. The average Bonchev–Trinajstić information content (AvgIpc) is 2.89. The van der Waals surface area contributed by atoms with Crippen LogP contribution in [-0.2, 0) is 15.5 Å². The minimum atomic E-state index is -4.56. The fourth-order valence-electron chi connectivity index (χ4n) is 2.52. The second kappa shape index (κ2) is 4.70. The van der Waals surface area contributed by atoms with Crippen molar-refractivity contribution in [2.45, 2.75) is 52.0 Å². The molecule has 3 rings (SSSR count). The Kier molecular flexibility index (Phi) is 3.32. The summed E-state index contributed by atoms with van der Waals surface area (Å²) >= 11 is 0. The molecule has 1 aliphatic heterocycles. The van der Waals surface area contributed by atoms with Crippen LogP contribution in [0.25, 0.3) is 5.65 Å². The highest BCUT2D eigenvalue weighted by atomic mass is 19.4. The number of alkyl halides is 3. The van der Waals surface area contributed by atoms with E-state index >= 15 is 0 Å². The molecule has 0 spiro atoms. The molecule has 2 aromatic rings. The molecule has 9 heteroatoms. The number of hydrogen-bond donors (Lipinski definition) is 0. The van der Waals surface area contributed by atoms with Crippen molar-refractivity contribution >= 4 is 18.2 Å². The van der Waals surface area contributed by atoms with E-state index in [-0.39, 0.29) is 5.65 Å². The molecule has 0 aromatic carbocycles. The van der Waals surface area contributed by atoms with Gasteiger partial charge in [0, 0.05) is 6.20 Å². The summed E-state index contributed by atoms with van der Waals surface area (Å²) in [4.78, 5) is 0. The van der Waals surface area contributed by atoms with Crippen LogP contribution >= 0.6 is 0 Å². The van der Waals surface area contributed by atoms with Crippen LogP contribution in [0.1, 0.15) is 39.1 Å². The van der Waals surface area contributed by atoms with Crippen molar-refractivity contribution in [2.75, 3.05) is 0 Å². The zero-order chi connectivity index (χ0) is 17.2. The molecule has 0 unspecified atom stereocenters. The van der Waals surface area contributed by atoms with Crippen LogP contribution in [-0.4, -0.2) is 32.9 Å². The molecule has 2 aromatic heterocycles. The standard InChI is InChI=1S/C14H17BF3N3O2/c1-8-9(15-22-12(2,3)13(4,5)23-15)6-7-21-10(8)19-20-11(21)14(16,17)18/h6-7H,1-5H3. The molecular formula is C14H17BF3N3O2. The van der Waals surface area contributed by atoms with E-state index in [2.05, 4.69) is 10.2 Å². The van der Waals surface area contributed by atoms with Gasteiger partial charge in [-0.1, -0.05) is 0 Å². The maximum absolute atomic E-state index is 12.9. The molecule has 124 valence electrons. The van der Waals surface area contributed by atoms with Gasteiger partial charge in [-0.3, -0.25) is 4.40 Å². The van der Waals surface area contributed by atoms with E-state index in [9.17, 15) is 13.2 Å². The van der Waals surface area contributed by atoms with Crippen molar-refractivity contribution in [3.8, 4) is 0 Å². The van der Waals surface area contributed by atoms with Crippen LogP contribution in [0, 0.1) is 6.92 Å². The van der Waals surface area contributed by atoms with E-state index in [1.165, 1.54) is 6.20 Å². The van der Waals surface area contributed by atoms with E-state index in [1.807, 2.05) is 27.7 Å². The van der Waals surface area contributed by atoms with Crippen molar-refractivity contribution in [1.82, 2.24) is 14.6 Å². The highest BCUT2D eigenvalue weighted by molar-refractivity contribution is 6.62. The lowest BCUT2D eigenvalue weighted by molar-refractivity contribution is -0.145. The van der Waals surface area contributed by atoms with Crippen LogP contribution in [0.5, 0.6) is 0 Å². The monoisotopic (exact) mass is 327 g/mol. The lowest BCUT2D eigenvalue weighted by Crippen LogP contribution is -2.41. The summed E-state index contributed by atoms with van der Waals surface area (Å²) in [5.74, 6) is -1.05. The third kappa shape index (κ3) is 2.42. The summed E-state index contributed by atoms with van der Waals surface area (Å²) in [5, 5.41) is 6.93. The number of pyridine rings is 1. The first-order chi connectivity index (χ1) is 10.4. The van der Waals surface area contributed by atoms with Crippen molar-refractivity contribution in [2.24, 2.45) is 0 Å². The van der Waals surface area contributed by atoms with Crippen LogP contribution < -0.4 is 5.46 Å². The number of halogens is 3. The molecule has 3 heterocycles. The minimum Gasteiger partial charge on any atom is -0.399 e. The number of aromatic nitrogens is 3. The van der Waals surface area contributed by atoms with Gasteiger partial charge in [-0.2, -0.15) is 13.2 Å². The predicted molar refractivity (Wildman–Crippen MR) is 78.4 cm³/mol. The molecule has 0 amide bonds. The molecule has 0 N–H and O–H groups in total. The van der Waals surface area contributed by atoms with Crippen LogP contribution in [0.15, 0.2) is 12.3 Å². The number of hydrogen-bond acceptors (Lipinski definition) is 4. The fraction of sp³-hybridized carbons (Fsp3) is 0.571. The second-order valence-electron chi connectivity index (χ2n) is 6.70. The van der Waals surface area contributed by atoms with E-state index in [0.29, 0.717) is 11.0 Å². The Bertz CT molecular complexity index is 754. The molecule has 5 nitrogen and oxygen atoms in total. The minimum absolute atomic E-state index is 0.143. The van der Waals surface area contributed by atoms with Gasteiger partial charge in [0.25, 0.3) is 0 Å². The van der Waals surface area contributed by atoms with Gasteiger partial charge in [0.1, 0.15) is 0 Å². The van der Waals surface area contributed by atoms with Crippen molar-refractivity contribution in [3.05, 3.63) is 23.7 Å². The predicted octanol–water partition coefficient (Wildman–Crippen LogP) is 2.36. The Balaban J connectivity index is 2.07. The van der Waals surface area contributed by atoms with Crippen molar-refractivity contribution < 1.29 is 22.5 Å². The molecule has 1 aliphatic rings. The first-order valence-corrected chi connectivity index (χ1v) is 7.21. The van der Waals surface area contributed by atoms with E-state index in [1.54, 1.807) is 13.0 Å². The summed E-state index contributed by atoms with van der Waals surface area (Å²) in [7, 11) is -0.656. The maximum Gasteiger partial charge on any atom is 0.495 e. The normalized spacial score (nSPS) is 20.4. The molecule has 0 aliphatic carbocycles. The van der Waals surface area contributed by atoms with Gasteiger partial charge in [0.05, 0.1) is 11.2 Å². The lowest BCUT2D eigenvalue weighted by atomic mass is 9.77. The highest BCUT2D eigenvalue weighted by Crippen LogP contribution is 2.37. The third-order valence-electron chi connectivity index (χ3n) is 4.63. The Hall–Kier alpha value is -1.61. The van der Waals surface area contributed by atoms with Gasteiger partial charge in [-0.25, -0.2) is 0 Å². The quantitative estimate of drug-likeness (QED) is 0.755. The Morgan fingerprint density at radius 2 is 1.65 bits per heavy atom. The van der Waals surface area contributed by atoms with E-state index < -0.39 is 30.3 Å². The maximum atomic E-state index is 12.9. The fourth-order valence-corrected chi connectivity index (χ4v) is 2.52. The second-order valence-corrected chi connectivity index (χ2v) is 6.70. The van der Waals surface area contributed by atoms with Gasteiger partial charge in [0.2, 0.25) is 5.82 Å². The summed E-state index contributed by atoms with van der Waals surface area (Å²) in [5.41, 5.74) is 0.290. The Morgan fingerprint density at radius 1 is 1.09 bits per heavy atom.